The number of rotatable bonds is 7. The van der Waals surface area contributed by atoms with Gasteiger partial charge in [0.15, 0.2) is 11.6 Å². The van der Waals surface area contributed by atoms with Crippen LogP contribution in [0.4, 0.5) is 0 Å². The van der Waals surface area contributed by atoms with Gasteiger partial charge in [-0.05, 0) is 64.2 Å². The highest BCUT2D eigenvalue weighted by Gasteiger charge is 2.22. The van der Waals surface area contributed by atoms with Crippen molar-refractivity contribution in [2.45, 2.75) is 0 Å². The SMILES string of the molecule is c1ccc(-c2ccc(-c3nc(-c4ccccc4)nc(-n4c5ccccc5c5cc6c7ccccc7n(-c7ccccc7-c7cccc(-c8ccccc8)c7)c6cc54)n3)cc2)cc1. The van der Waals surface area contributed by atoms with Gasteiger partial charge in [0, 0.05) is 38.2 Å². The van der Waals surface area contributed by atoms with Crippen molar-refractivity contribution in [3.8, 4) is 67.8 Å². The molecule has 3 aromatic heterocycles. The molecule has 0 saturated heterocycles. The van der Waals surface area contributed by atoms with Crippen molar-refractivity contribution in [3.63, 3.8) is 0 Å². The molecule has 0 saturated carbocycles. The molecule has 0 atom stereocenters. The van der Waals surface area contributed by atoms with E-state index in [9.17, 15) is 0 Å². The summed E-state index contributed by atoms with van der Waals surface area (Å²) >= 11 is 0. The first kappa shape index (κ1) is 35.5. The number of para-hydroxylation sites is 3. The van der Waals surface area contributed by atoms with Gasteiger partial charge in [0.05, 0.1) is 27.8 Å². The Bertz CT molecular complexity index is 3610. The van der Waals surface area contributed by atoms with Crippen molar-refractivity contribution in [1.29, 1.82) is 0 Å². The lowest BCUT2D eigenvalue weighted by molar-refractivity contribution is 0.953. The summed E-state index contributed by atoms with van der Waals surface area (Å²) in [6.45, 7) is 0. The van der Waals surface area contributed by atoms with E-state index in [2.05, 4.69) is 209 Å². The molecule has 0 aliphatic rings. The molecular formula is C57H37N5. The second kappa shape index (κ2) is 14.7. The van der Waals surface area contributed by atoms with Crippen molar-refractivity contribution in [2.75, 3.05) is 0 Å². The van der Waals surface area contributed by atoms with Crippen LogP contribution in [-0.4, -0.2) is 24.1 Å². The summed E-state index contributed by atoms with van der Waals surface area (Å²) < 4.78 is 4.65. The molecule has 0 aliphatic carbocycles. The first-order chi connectivity index (χ1) is 30.7. The van der Waals surface area contributed by atoms with Crippen LogP contribution in [0, 0.1) is 0 Å². The third-order valence-corrected chi connectivity index (χ3v) is 12.0. The molecule has 0 aliphatic heterocycles. The van der Waals surface area contributed by atoms with Gasteiger partial charge in [-0.15, -0.1) is 0 Å². The molecule has 0 fully saturated rings. The minimum absolute atomic E-state index is 0.562. The Balaban J connectivity index is 1.10. The van der Waals surface area contributed by atoms with E-state index in [0.717, 1.165) is 71.9 Å². The number of hydrogen-bond donors (Lipinski definition) is 0. The van der Waals surface area contributed by atoms with Crippen LogP contribution < -0.4 is 0 Å². The molecule has 12 aromatic rings. The van der Waals surface area contributed by atoms with Crippen LogP contribution in [-0.2, 0) is 0 Å². The number of benzene rings is 9. The molecular weight excluding hydrogens is 755 g/mol. The normalized spacial score (nSPS) is 11.5. The summed E-state index contributed by atoms with van der Waals surface area (Å²) in [5, 5.41) is 4.65. The smallest absolute Gasteiger partial charge is 0.238 e. The minimum Gasteiger partial charge on any atom is -0.309 e. The van der Waals surface area contributed by atoms with E-state index in [0.29, 0.717) is 17.6 Å². The molecule has 0 N–H and O–H groups in total. The zero-order chi connectivity index (χ0) is 41.0. The van der Waals surface area contributed by atoms with E-state index >= 15 is 0 Å². The topological polar surface area (TPSA) is 48.5 Å². The Labute approximate surface area is 358 Å². The lowest BCUT2D eigenvalue weighted by atomic mass is 9.98. The minimum atomic E-state index is 0.562. The Kier molecular flexibility index (Phi) is 8.42. The van der Waals surface area contributed by atoms with Gasteiger partial charge in [-0.3, -0.25) is 4.57 Å². The molecule has 3 heterocycles. The van der Waals surface area contributed by atoms with Crippen LogP contribution >= 0.6 is 0 Å². The Morgan fingerprint density at radius 1 is 0.258 bits per heavy atom. The summed E-state index contributed by atoms with van der Waals surface area (Å²) in [6, 6.07) is 79.3. The summed E-state index contributed by atoms with van der Waals surface area (Å²) in [6.07, 6.45) is 0. The van der Waals surface area contributed by atoms with Gasteiger partial charge in [-0.25, -0.2) is 4.98 Å². The van der Waals surface area contributed by atoms with Gasteiger partial charge in [0.2, 0.25) is 5.95 Å². The monoisotopic (exact) mass is 791 g/mol. The molecule has 290 valence electrons. The summed E-state index contributed by atoms with van der Waals surface area (Å²) in [4.78, 5) is 15.7. The molecule has 0 amide bonds. The maximum Gasteiger partial charge on any atom is 0.238 e. The van der Waals surface area contributed by atoms with E-state index in [1.165, 1.54) is 21.9 Å². The summed E-state index contributed by atoms with van der Waals surface area (Å²) in [5.74, 6) is 1.79. The predicted molar refractivity (Wildman–Crippen MR) is 256 cm³/mol. The Morgan fingerprint density at radius 2 is 0.710 bits per heavy atom. The first-order valence-electron chi connectivity index (χ1n) is 20.9. The highest BCUT2D eigenvalue weighted by Crippen LogP contribution is 2.41. The third-order valence-electron chi connectivity index (χ3n) is 12.0. The lowest BCUT2D eigenvalue weighted by Gasteiger charge is -2.15. The van der Waals surface area contributed by atoms with E-state index in [1.54, 1.807) is 0 Å². The van der Waals surface area contributed by atoms with E-state index < -0.39 is 0 Å². The van der Waals surface area contributed by atoms with Gasteiger partial charge in [0.1, 0.15) is 0 Å². The summed E-state index contributed by atoms with van der Waals surface area (Å²) in [5.41, 5.74) is 14.2. The Hall–Kier alpha value is -8.41. The molecule has 0 bridgehead atoms. The quantitative estimate of drug-likeness (QED) is 0.162. The zero-order valence-electron chi connectivity index (χ0n) is 33.6. The highest BCUT2D eigenvalue weighted by molar-refractivity contribution is 6.19. The standard InChI is InChI=1S/C57H37N5/c1-4-17-38(18-5-1)40-31-33-42(34-32-40)56-58-55(41-21-8-3-9-22-41)59-57(60-56)62-52-30-15-12-27-47(52)49-36-48-46-26-11-14-29-51(46)61(53(48)37-54(49)62)50-28-13-10-25-45(50)44-24-16-23-43(35-44)39-19-6-2-7-20-39/h1-37H. The number of hydrogen-bond acceptors (Lipinski definition) is 3. The third kappa shape index (κ3) is 5.98. The fourth-order valence-corrected chi connectivity index (χ4v) is 9.07. The molecule has 12 rings (SSSR count). The van der Waals surface area contributed by atoms with Crippen molar-refractivity contribution in [3.05, 3.63) is 224 Å². The van der Waals surface area contributed by atoms with Crippen LogP contribution in [0.2, 0.25) is 0 Å². The molecule has 5 heteroatoms. The first-order valence-corrected chi connectivity index (χ1v) is 20.9. The molecule has 62 heavy (non-hydrogen) atoms. The fourth-order valence-electron chi connectivity index (χ4n) is 9.07. The van der Waals surface area contributed by atoms with Gasteiger partial charge >= 0.3 is 0 Å². The predicted octanol–water partition coefficient (Wildman–Crippen LogP) is 14.4. The van der Waals surface area contributed by atoms with E-state index in [-0.39, 0.29) is 0 Å². The van der Waals surface area contributed by atoms with Crippen LogP contribution in [0.5, 0.6) is 0 Å². The average Bonchev–Trinajstić information content (AvgIpc) is 3.86. The number of nitrogens with zero attached hydrogens (tertiary/aromatic N) is 5. The van der Waals surface area contributed by atoms with Crippen molar-refractivity contribution < 1.29 is 0 Å². The van der Waals surface area contributed by atoms with Gasteiger partial charge in [0.25, 0.3) is 0 Å². The van der Waals surface area contributed by atoms with Crippen LogP contribution in [0.15, 0.2) is 224 Å². The van der Waals surface area contributed by atoms with Crippen LogP contribution in [0.3, 0.4) is 0 Å². The van der Waals surface area contributed by atoms with Gasteiger partial charge < -0.3 is 4.57 Å². The largest absolute Gasteiger partial charge is 0.309 e. The van der Waals surface area contributed by atoms with Crippen molar-refractivity contribution >= 4 is 43.6 Å². The maximum atomic E-state index is 5.30. The molecule has 9 aromatic carbocycles. The fraction of sp³-hybridized carbons (Fsp3) is 0. The summed E-state index contributed by atoms with van der Waals surface area (Å²) in [7, 11) is 0. The number of fused-ring (bicyclic) bond motifs is 6. The Morgan fingerprint density at radius 3 is 1.37 bits per heavy atom. The maximum absolute atomic E-state index is 5.30. The van der Waals surface area contributed by atoms with Gasteiger partial charge in [-0.1, -0.05) is 188 Å². The van der Waals surface area contributed by atoms with Crippen LogP contribution in [0.25, 0.3) is 111 Å². The lowest BCUT2D eigenvalue weighted by Crippen LogP contribution is -2.06. The molecule has 0 unspecified atom stereocenters. The van der Waals surface area contributed by atoms with Crippen LogP contribution in [0.1, 0.15) is 0 Å². The average molecular weight is 792 g/mol. The second-order valence-corrected chi connectivity index (χ2v) is 15.6. The highest BCUT2D eigenvalue weighted by atomic mass is 15.2. The van der Waals surface area contributed by atoms with E-state index in [4.69, 9.17) is 15.0 Å². The van der Waals surface area contributed by atoms with E-state index in [1.807, 2.05) is 24.3 Å². The zero-order valence-corrected chi connectivity index (χ0v) is 33.6. The van der Waals surface area contributed by atoms with Crippen molar-refractivity contribution in [1.82, 2.24) is 24.1 Å². The van der Waals surface area contributed by atoms with Crippen molar-refractivity contribution in [2.24, 2.45) is 0 Å². The molecule has 5 nitrogen and oxygen atoms in total. The molecule has 0 spiro atoms. The second-order valence-electron chi connectivity index (χ2n) is 15.6. The number of aromatic nitrogens is 5. The van der Waals surface area contributed by atoms with Gasteiger partial charge in [-0.2, -0.15) is 9.97 Å². The molecule has 0 radical (unpaired) electrons.